The van der Waals surface area contributed by atoms with E-state index >= 15 is 0 Å². The van der Waals surface area contributed by atoms with Crippen molar-refractivity contribution in [1.82, 2.24) is 9.97 Å². The smallest absolute Gasteiger partial charge is 0.161 e. The molecule has 1 aromatic heterocycles. The summed E-state index contributed by atoms with van der Waals surface area (Å²) in [5.41, 5.74) is 3.01. The molecule has 0 fully saturated rings. The number of benzene rings is 1. The van der Waals surface area contributed by atoms with Crippen molar-refractivity contribution in [2.45, 2.75) is 19.8 Å². The van der Waals surface area contributed by atoms with Gasteiger partial charge in [-0.3, -0.25) is 4.79 Å². The van der Waals surface area contributed by atoms with Crippen molar-refractivity contribution >= 4 is 29.0 Å². The van der Waals surface area contributed by atoms with E-state index in [0.717, 1.165) is 22.8 Å². The summed E-state index contributed by atoms with van der Waals surface area (Å²) in [5, 5.41) is 1.53. The lowest BCUT2D eigenvalue weighted by molar-refractivity contribution is -0.112. The molecule has 17 heavy (non-hydrogen) atoms. The minimum absolute atomic E-state index is 0.0952. The normalized spacial score (nSPS) is 14.1. The number of rotatable bonds is 1. The summed E-state index contributed by atoms with van der Waals surface area (Å²) in [6.45, 7) is 2.11. The number of hydrogen-bond donors (Lipinski definition) is 0. The molecule has 1 aliphatic carbocycles. The number of fused-ring (bicyclic) bond motifs is 2. The predicted molar refractivity (Wildman–Crippen MR) is 66.7 cm³/mol. The SMILES string of the molecule is CCc1cccc2nc3c(nc12)=CCC(=O)C=3. The van der Waals surface area contributed by atoms with Crippen molar-refractivity contribution in [1.29, 1.82) is 0 Å². The van der Waals surface area contributed by atoms with E-state index in [1.54, 1.807) is 6.08 Å². The first-order valence-electron chi connectivity index (χ1n) is 5.78. The summed E-state index contributed by atoms with van der Waals surface area (Å²) in [7, 11) is 0. The Labute approximate surface area is 98.5 Å². The highest BCUT2D eigenvalue weighted by Crippen LogP contribution is 2.12. The zero-order chi connectivity index (χ0) is 11.8. The van der Waals surface area contributed by atoms with E-state index in [4.69, 9.17) is 0 Å². The molecular formula is C14H12N2O. The topological polar surface area (TPSA) is 42.9 Å². The molecule has 0 unspecified atom stereocenters. The molecular weight excluding hydrogens is 212 g/mol. The molecule has 0 aliphatic heterocycles. The molecule has 1 aliphatic rings. The maximum atomic E-state index is 11.3. The lowest BCUT2D eigenvalue weighted by atomic mass is 10.1. The van der Waals surface area contributed by atoms with E-state index in [-0.39, 0.29) is 5.78 Å². The van der Waals surface area contributed by atoms with Crippen LogP contribution in [0.4, 0.5) is 0 Å². The quantitative estimate of drug-likeness (QED) is 0.717. The fourth-order valence-electron chi connectivity index (χ4n) is 2.11. The van der Waals surface area contributed by atoms with Gasteiger partial charge < -0.3 is 0 Å². The Kier molecular flexibility index (Phi) is 2.25. The molecule has 0 atom stereocenters. The maximum absolute atomic E-state index is 11.3. The number of carbonyl (C=O) groups excluding carboxylic acids is 1. The average Bonchev–Trinajstić information content (AvgIpc) is 2.35. The zero-order valence-corrected chi connectivity index (χ0v) is 9.60. The number of Topliss-reactive ketones (excluding diaryl/α,β-unsaturated/α-hetero) is 1. The van der Waals surface area contributed by atoms with Gasteiger partial charge in [0.1, 0.15) is 0 Å². The van der Waals surface area contributed by atoms with Gasteiger partial charge in [0.2, 0.25) is 0 Å². The van der Waals surface area contributed by atoms with Crippen LogP contribution in [-0.4, -0.2) is 15.8 Å². The van der Waals surface area contributed by atoms with Crippen LogP contribution in [0, 0.1) is 0 Å². The molecule has 84 valence electrons. The highest BCUT2D eigenvalue weighted by Gasteiger charge is 2.07. The Morgan fingerprint density at radius 1 is 1.24 bits per heavy atom. The first-order chi connectivity index (χ1) is 8.28. The molecule has 0 spiro atoms. The highest BCUT2D eigenvalue weighted by molar-refractivity contribution is 6.08. The lowest BCUT2D eigenvalue weighted by Crippen LogP contribution is -2.35. The molecule has 0 bridgehead atoms. The summed E-state index contributed by atoms with van der Waals surface area (Å²) < 4.78 is 0. The number of hydrogen-bond acceptors (Lipinski definition) is 3. The average molecular weight is 224 g/mol. The third kappa shape index (κ3) is 1.64. The fourth-order valence-corrected chi connectivity index (χ4v) is 2.11. The van der Waals surface area contributed by atoms with E-state index in [1.807, 2.05) is 18.2 Å². The Morgan fingerprint density at radius 3 is 2.94 bits per heavy atom. The van der Waals surface area contributed by atoms with Crippen LogP contribution in [0.5, 0.6) is 0 Å². The third-order valence-electron chi connectivity index (χ3n) is 3.01. The van der Waals surface area contributed by atoms with Crippen LogP contribution in [0.3, 0.4) is 0 Å². The van der Waals surface area contributed by atoms with Crippen molar-refractivity contribution in [3.05, 3.63) is 34.5 Å². The van der Waals surface area contributed by atoms with Crippen molar-refractivity contribution in [2.75, 3.05) is 0 Å². The van der Waals surface area contributed by atoms with Crippen molar-refractivity contribution in [3.8, 4) is 0 Å². The number of aryl methyl sites for hydroxylation is 1. The van der Waals surface area contributed by atoms with Crippen molar-refractivity contribution < 1.29 is 4.79 Å². The fraction of sp³-hybridized carbons (Fsp3) is 0.214. The van der Waals surface area contributed by atoms with Gasteiger partial charge in [0.25, 0.3) is 0 Å². The summed E-state index contributed by atoms with van der Waals surface area (Å²) in [5.74, 6) is 0.0952. The van der Waals surface area contributed by atoms with E-state index in [1.165, 1.54) is 5.56 Å². The van der Waals surface area contributed by atoms with E-state index in [2.05, 4.69) is 23.0 Å². The van der Waals surface area contributed by atoms with Crippen LogP contribution < -0.4 is 10.7 Å². The highest BCUT2D eigenvalue weighted by atomic mass is 16.1. The van der Waals surface area contributed by atoms with Gasteiger partial charge in [0, 0.05) is 12.5 Å². The van der Waals surface area contributed by atoms with Crippen LogP contribution in [-0.2, 0) is 11.2 Å². The molecule has 0 radical (unpaired) electrons. The predicted octanol–water partition coefficient (Wildman–Crippen LogP) is 0.726. The number of para-hydroxylation sites is 1. The number of ketones is 1. The summed E-state index contributed by atoms with van der Waals surface area (Å²) in [6, 6.07) is 5.99. The van der Waals surface area contributed by atoms with E-state index in [9.17, 15) is 4.79 Å². The van der Waals surface area contributed by atoms with Crippen molar-refractivity contribution in [2.24, 2.45) is 0 Å². The first kappa shape index (κ1) is 10.1. The Hall–Kier alpha value is -2.03. The first-order valence-corrected chi connectivity index (χ1v) is 5.78. The lowest BCUT2D eigenvalue weighted by Gasteiger charge is -2.04. The monoisotopic (exact) mass is 224 g/mol. The Balaban J connectivity index is 2.44. The zero-order valence-electron chi connectivity index (χ0n) is 9.60. The molecule has 2 aromatic rings. The molecule has 0 saturated heterocycles. The summed E-state index contributed by atoms with van der Waals surface area (Å²) in [4.78, 5) is 20.5. The molecule has 0 saturated carbocycles. The summed E-state index contributed by atoms with van der Waals surface area (Å²) in [6.07, 6.45) is 4.81. The molecule has 1 heterocycles. The molecule has 0 N–H and O–H groups in total. The van der Waals surface area contributed by atoms with Gasteiger partial charge in [-0.25, -0.2) is 9.97 Å². The molecule has 3 nitrogen and oxygen atoms in total. The van der Waals surface area contributed by atoms with Gasteiger partial charge in [0.05, 0.1) is 21.7 Å². The number of nitrogens with zero attached hydrogens (tertiary/aromatic N) is 2. The molecule has 1 aromatic carbocycles. The van der Waals surface area contributed by atoms with Gasteiger partial charge in [-0.1, -0.05) is 19.1 Å². The van der Waals surface area contributed by atoms with Crippen LogP contribution in [0.2, 0.25) is 0 Å². The van der Waals surface area contributed by atoms with Crippen LogP contribution in [0.1, 0.15) is 18.9 Å². The minimum Gasteiger partial charge on any atom is -0.294 e. The second-order valence-corrected chi connectivity index (χ2v) is 4.15. The van der Waals surface area contributed by atoms with Crippen LogP contribution >= 0.6 is 0 Å². The van der Waals surface area contributed by atoms with Crippen LogP contribution in [0.15, 0.2) is 18.2 Å². The molecule has 0 amide bonds. The Bertz CT molecular complexity index is 732. The number of carbonyl (C=O) groups is 1. The van der Waals surface area contributed by atoms with Gasteiger partial charge >= 0.3 is 0 Å². The second kappa shape index (κ2) is 3.77. The third-order valence-corrected chi connectivity index (χ3v) is 3.01. The molecule has 3 rings (SSSR count). The van der Waals surface area contributed by atoms with Gasteiger partial charge in [-0.15, -0.1) is 0 Å². The van der Waals surface area contributed by atoms with E-state index < -0.39 is 0 Å². The minimum atomic E-state index is 0.0952. The van der Waals surface area contributed by atoms with Gasteiger partial charge in [-0.05, 0) is 24.1 Å². The van der Waals surface area contributed by atoms with Crippen LogP contribution in [0.25, 0.3) is 23.2 Å². The Morgan fingerprint density at radius 2 is 2.12 bits per heavy atom. The van der Waals surface area contributed by atoms with Gasteiger partial charge in [0.15, 0.2) is 5.78 Å². The van der Waals surface area contributed by atoms with E-state index in [0.29, 0.717) is 11.8 Å². The maximum Gasteiger partial charge on any atom is 0.161 e. The standard InChI is InChI=1S/C14H12N2O/c1-2-9-4-3-5-12-14(9)16-11-7-6-10(17)8-13(11)15-12/h3-5,7-8H,2,6H2,1H3. The second-order valence-electron chi connectivity index (χ2n) is 4.15. The largest absolute Gasteiger partial charge is 0.294 e. The number of aromatic nitrogens is 2. The van der Waals surface area contributed by atoms with Gasteiger partial charge in [-0.2, -0.15) is 0 Å². The molecule has 3 heteroatoms. The summed E-state index contributed by atoms with van der Waals surface area (Å²) >= 11 is 0. The van der Waals surface area contributed by atoms with Crippen molar-refractivity contribution in [3.63, 3.8) is 0 Å².